The molecular weight excluding hydrogens is 208 g/mol. The second-order valence-corrected chi connectivity index (χ2v) is 3.39. The van der Waals surface area contributed by atoms with Crippen LogP contribution in [0.1, 0.15) is 10.4 Å². The Morgan fingerprint density at radius 1 is 1.25 bits per heavy atom. The van der Waals surface area contributed by atoms with E-state index in [4.69, 9.17) is 9.84 Å². The van der Waals surface area contributed by atoms with Crippen molar-refractivity contribution in [1.29, 1.82) is 0 Å². The summed E-state index contributed by atoms with van der Waals surface area (Å²) < 4.78 is 5.03. The fourth-order valence-electron chi connectivity index (χ4n) is 1.63. The second-order valence-electron chi connectivity index (χ2n) is 3.39. The van der Waals surface area contributed by atoms with Crippen molar-refractivity contribution in [2.24, 2.45) is 0 Å². The molecule has 0 fully saturated rings. The highest BCUT2D eigenvalue weighted by Gasteiger charge is 2.11. The molecule has 2 aromatic rings. The molecule has 4 nitrogen and oxygen atoms in total. The molecule has 2 rings (SSSR count). The van der Waals surface area contributed by atoms with Crippen LogP contribution in [0.5, 0.6) is 11.5 Å². The maximum atomic E-state index is 11.0. The number of methoxy groups -OCH3 is 1. The average Bonchev–Trinajstić information content (AvgIpc) is 2.27. The first-order valence-electron chi connectivity index (χ1n) is 4.66. The van der Waals surface area contributed by atoms with Gasteiger partial charge in [0.1, 0.15) is 11.5 Å². The van der Waals surface area contributed by atoms with E-state index in [0.717, 1.165) is 0 Å². The molecule has 0 unspecified atom stereocenters. The summed E-state index contributed by atoms with van der Waals surface area (Å²) in [6.45, 7) is 0. The number of fused-ring (bicyclic) bond motifs is 1. The van der Waals surface area contributed by atoms with Gasteiger partial charge >= 0.3 is 5.97 Å². The third-order valence-electron chi connectivity index (χ3n) is 2.38. The average molecular weight is 218 g/mol. The number of hydrogen-bond acceptors (Lipinski definition) is 3. The van der Waals surface area contributed by atoms with Crippen LogP contribution in [0.15, 0.2) is 30.3 Å². The number of carboxylic acids is 1. The zero-order valence-corrected chi connectivity index (χ0v) is 8.60. The van der Waals surface area contributed by atoms with Crippen LogP contribution in [0.3, 0.4) is 0 Å². The zero-order chi connectivity index (χ0) is 11.7. The number of phenols is 1. The van der Waals surface area contributed by atoms with Crippen LogP contribution in [0.2, 0.25) is 0 Å². The molecule has 82 valence electrons. The number of aromatic carboxylic acids is 1. The molecule has 0 heterocycles. The molecular formula is C12H10O4. The lowest BCUT2D eigenvalue weighted by Crippen LogP contribution is -1.97. The molecule has 0 radical (unpaired) electrons. The van der Waals surface area contributed by atoms with E-state index in [0.29, 0.717) is 16.5 Å². The van der Waals surface area contributed by atoms with Crippen LogP contribution >= 0.6 is 0 Å². The first-order chi connectivity index (χ1) is 7.61. The summed E-state index contributed by atoms with van der Waals surface area (Å²) in [5.74, 6) is -0.551. The van der Waals surface area contributed by atoms with Gasteiger partial charge in [-0.05, 0) is 29.7 Å². The van der Waals surface area contributed by atoms with Gasteiger partial charge < -0.3 is 14.9 Å². The van der Waals surface area contributed by atoms with Gasteiger partial charge in [0, 0.05) is 5.39 Å². The van der Waals surface area contributed by atoms with Crippen molar-refractivity contribution in [2.75, 3.05) is 7.11 Å². The van der Waals surface area contributed by atoms with Gasteiger partial charge in [0.2, 0.25) is 0 Å². The molecule has 0 bridgehead atoms. The lowest BCUT2D eigenvalue weighted by atomic mass is 10.0. The van der Waals surface area contributed by atoms with Crippen LogP contribution in [0, 0.1) is 0 Å². The van der Waals surface area contributed by atoms with Gasteiger partial charge in [-0.2, -0.15) is 0 Å². The number of rotatable bonds is 2. The minimum Gasteiger partial charge on any atom is -0.508 e. The number of hydrogen-bond donors (Lipinski definition) is 2. The number of aromatic hydroxyl groups is 1. The molecule has 2 N–H and O–H groups in total. The van der Waals surface area contributed by atoms with Crippen molar-refractivity contribution >= 4 is 16.7 Å². The van der Waals surface area contributed by atoms with Gasteiger partial charge in [-0.1, -0.05) is 6.07 Å². The van der Waals surface area contributed by atoms with Crippen LogP contribution in [-0.4, -0.2) is 23.3 Å². The fraction of sp³-hybridized carbons (Fsp3) is 0.0833. The predicted octanol–water partition coefficient (Wildman–Crippen LogP) is 2.25. The molecule has 2 aromatic carbocycles. The van der Waals surface area contributed by atoms with Crippen LogP contribution < -0.4 is 4.74 Å². The molecule has 0 spiro atoms. The van der Waals surface area contributed by atoms with E-state index in [9.17, 15) is 9.90 Å². The minimum absolute atomic E-state index is 0.0601. The molecule has 4 heteroatoms. The first kappa shape index (κ1) is 10.3. The Balaban J connectivity index is 2.80. The highest BCUT2D eigenvalue weighted by molar-refractivity contribution is 6.04. The Hall–Kier alpha value is -2.23. The van der Waals surface area contributed by atoms with Gasteiger partial charge in [-0.25, -0.2) is 4.79 Å². The van der Waals surface area contributed by atoms with E-state index in [1.54, 1.807) is 18.2 Å². The van der Waals surface area contributed by atoms with E-state index >= 15 is 0 Å². The molecule has 16 heavy (non-hydrogen) atoms. The maximum Gasteiger partial charge on any atom is 0.336 e. The lowest BCUT2D eigenvalue weighted by molar-refractivity contribution is 0.0698. The van der Waals surface area contributed by atoms with E-state index in [-0.39, 0.29) is 11.3 Å². The van der Waals surface area contributed by atoms with Crippen molar-refractivity contribution in [1.82, 2.24) is 0 Å². The highest BCUT2D eigenvalue weighted by Crippen LogP contribution is 2.28. The Bertz CT molecular complexity index is 560. The monoisotopic (exact) mass is 218 g/mol. The van der Waals surface area contributed by atoms with Crippen molar-refractivity contribution in [3.63, 3.8) is 0 Å². The molecule has 0 aliphatic heterocycles. The van der Waals surface area contributed by atoms with Crippen LogP contribution in [0.25, 0.3) is 10.8 Å². The molecule has 0 aromatic heterocycles. The SMILES string of the molecule is COc1ccc2cc(O)cc(C(=O)O)c2c1. The van der Waals surface area contributed by atoms with Crippen LogP contribution in [0.4, 0.5) is 0 Å². The highest BCUT2D eigenvalue weighted by atomic mass is 16.5. The molecule has 0 aliphatic carbocycles. The summed E-state index contributed by atoms with van der Waals surface area (Å²) >= 11 is 0. The first-order valence-corrected chi connectivity index (χ1v) is 4.66. The minimum atomic E-state index is -1.07. The van der Waals surface area contributed by atoms with E-state index in [2.05, 4.69) is 0 Å². The van der Waals surface area contributed by atoms with Gasteiger partial charge in [0.15, 0.2) is 0 Å². The largest absolute Gasteiger partial charge is 0.508 e. The summed E-state index contributed by atoms with van der Waals surface area (Å²) in [6, 6.07) is 7.80. The third kappa shape index (κ3) is 1.65. The lowest BCUT2D eigenvalue weighted by Gasteiger charge is -2.06. The van der Waals surface area contributed by atoms with Gasteiger partial charge in [0.05, 0.1) is 12.7 Å². The number of carbonyl (C=O) groups is 1. The van der Waals surface area contributed by atoms with Crippen molar-refractivity contribution in [2.45, 2.75) is 0 Å². The van der Waals surface area contributed by atoms with E-state index < -0.39 is 5.97 Å². The van der Waals surface area contributed by atoms with E-state index in [1.165, 1.54) is 19.2 Å². The Labute approximate surface area is 91.7 Å². The van der Waals surface area contributed by atoms with Crippen molar-refractivity contribution in [3.05, 3.63) is 35.9 Å². The second kappa shape index (κ2) is 3.73. The van der Waals surface area contributed by atoms with Crippen molar-refractivity contribution < 1.29 is 19.7 Å². The summed E-state index contributed by atoms with van der Waals surface area (Å²) in [5, 5.41) is 19.6. The number of benzene rings is 2. The van der Waals surface area contributed by atoms with E-state index in [1.807, 2.05) is 0 Å². The Morgan fingerprint density at radius 3 is 2.62 bits per heavy atom. The molecule has 0 saturated carbocycles. The quantitative estimate of drug-likeness (QED) is 0.811. The normalized spacial score (nSPS) is 10.3. The fourth-order valence-corrected chi connectivity index (χ4v) is 1.63. The van der Waals surface area contributed by atoms with Crippen LogP contribution in [-0.2, 0) is 0 Å². The molecule has 0 amide bonds. The van der Waals surface area contributed by atoms with Gasteiger partial charge in [0.25, 0.3) is 0 Å². The third-order valence-corrected chi connectivity index (χ3v) is 2.38. The smallest absolute Gasteiger partial charge is 0.336 e. The molecule has 0 aliphatic rings. The zero-order valence-electron chi connectivity index (χ0n) is 8.60. The van der Waals surface area contributed by atoms with Gasteiger partial charge in [-0.3, -0.25) is 0 Å². The number of ether oxygens (including phenoxy) is 1. The standard InChI is InChI=1S/C12H10O4/c1-16-9-3-2-7-4-8(13)5-11(12(14)15)10(7)6-9/h2-6,13H,1H3,(H,14,15). The van der Waals surface area contributed by atoms with Crippen molar-refractivity contribution in [3.8, 4) is 11.5 Å². The number of phenolic OH excluding ortho intramolecular Hbond substituents is 1. The Morgan fingerprint density at radius 2 is 2.00 bits per heavy atom. The summed E-state index contributed by atoms with van der Waals surface area (Å²) in [6.07, 6.45) is 0. The maximum absolute atomic E-state index is 11.0. The summed E-state index contributed by atoms with van der Waals surface area (Å²) in [5.41, 5.74) is 0.0638. The molecule has 0 atom stereocenters. The van der Waals surface area contributed by atoms with Gasteiger partial charge in [-0.15, -0.1) is 0 Å². The Kier molecular flexibility index (Phi) is 2.40. The topological polar surface area (TPSA) is 66.8 Å². The summed E-state index contributed by atoms with van der Waals surface area (Å²) in [4.78, 5) is 11.0. The number of carboxylic acid groups (broad SMARTS) is 1. The predicted molar refractivity (Wildman–Crippen MR) is 59.1 cm³/mol. The molecule has 0 saturated heterocycles. The summed E-state index contributed by atoms with van der Waals surface area (Å²) in [7, 11) is 1.52.